The molecule has 8 heteroatoms. The SMILES string of the molecule is O=C(C1CCCN(S(=O)(=O)c2cn[nH]c2)C1)N1CCCC1. The maximum Gasteiger partial charge on any atom is 0.246 e. The summed E-state index contributed by atoms with van der Waals surface area (Å²) in [6, 6.07) is 0. The van der Waals surface area contributed by atoms with E-state index < -0.39 is 10.0 Å². The Morgan fingerprint density at radius 2 is 2.00 bits per heavy atom. The average Bonchev–Trinajstić information content (AvgIpc) is 3.19. The van der Waals surface area contributed by atoms with Crippen LogP contribution in [0, 0.1) is 5.92 Å². The molecule has 1 amide bonds. The summed E-state index contributed by atoms with van der Waals surface area (Å²) in [5.74, 6) is -0.0990. The third-order valence-corrected chi connectivity index (χ3v) is 6.09. The van der Waals surface area contributed by atoms with Crippen LogP contribution >= 0.6 is 0 Å². The molecular formula is C13H20N4O3S. The van der Waals surface area contributed by atoms with Crippen molar-refractivity contribution in [1.82, 2.24) is 19.4 Å². The summed E-state index contributed by atoms with van der Waals surface area (Å²) in [4.78, 5) is 14.5. The van der Waals surface area contributed by atoms with Gasteiger partial charge in [-0.15, -0.1) is 0 Å². The molecule has 1 aromatic rings. The lowest BCUT2D eigenvalue weighted by atomic mass is 9.98. The van der Waals surface area contributed by atoms with Crippen LogP contribution in [0.3, 0.4) is 0 Å². The molecule has 7 nitrogen and oxygen atoms in total. The molecule has 3 rings (SSSR count). The van der Waals surface area contributed by atoms with Gasteiger partial charge in [0.2, 0.25) is 15.9 Å². The van der Waals surface area contributed by atoms with E-state index in [-0.39, 0.29) is 23.3 Å². The average molecular weight is 312 g/mol. The maximum absolute atomic E-state index is 12.5. The van der Waals surface area contributed by atoms with E-state index >= 15 is 0 Å². The van der Waals surface area contributed by atoms with Crippen molar-refractivity contribution in [1.29, 1.82) is 0 Å². The van der Waals surface area contributed by atoms with Crippen LogP contribution in [0.2, 0.25) is 0 Å². The summed E-state index contributed by atoms with van der Waals surface area (Å²) in [7, 11) is -3.54. The van der Waals surface area contributed by atoms with Crippen LogP contribution < -0.4 is 0 Å². The second-order valence-electron chi connectivity index (χ2n) is 5.67. The number of H-pyrrole nitrogens is 1. The number of likely N-dealkylation sites (tertiary alicyclic amines) is 1. The van der Waals surface area contributed by atoms with Gasteiger partial charge in [-0.1, -0.05) is 0 Å². The fraction of sp³-hybridized carbons (Fsp3) is 0.692. The molecule has 0 bridgehead atoms. The Hall–Kier alpha value is -1.41. The zero-order chi connectivity index (χ0) is 14.9. The maximum atomic E-state index is 12.5. The number of nitrogens with zero attached hydrogens (tertiary/aromatic N) is 3. The second kappa shape index (κ2) is 5.76. The summed E-state index contributed by atoms with van der Waals surface area (Å²) in [5, 5.41) is 6.22. The minimum absolute atomic E-state index is 0.111. The topological polar surface area (TPSA) is 86.4 Å². The third kappa shape index (κ3) is 2.82. The molecule has 1 atom stereocenters. The van der Waals surface area contributed by atoms with E-state index in [0.29, 0.717) is 6.54 Å². The Bertz CT molecular complexity index is 593. The Morgan fingerprint density at radius 1 is 1.24 bits per heavy atom. The number of nitrogens with one attached hydrogen (secondary N) is 1. The molecule has 1 unspecified atom stereocenters. The smallest absolute Gasteiger partial charge is 0.246 e. The van der Waals surface area contributed by atoms with Crippen molar-refractivity contribution in [2.45, 2.75) is 30.6 Å². The lowest BCUT2D eigenvalue weighted by Crippen LogP contribution is -2.46. The zero-order valence-electron chi connectivity index (χ0n) is 11.9. The van der Waals surface area contributed by atoms with Crippen molar-refractivity contribution >= 4 is 15.9 Å². The van der Waals surface area contributed by atoms with E-state index in [1.165, 1.54) is 16.7 Å². The van der Waals surface area contributed by atoms with Gasteiger partial charge in [0.1, 0.15) is 4.90 Å². The summed E-state index contributed by atoms with van der Waals surface area (Å²) in [5.41, 5.74) is 0. The van der Waals surface area contributed by atoms with Crippen LogP contribution in [-0.2, 0) is 14.8 Å². The second-order valence-corrected chi connectivity index (χ2v) is 7.61. The number of aromatic nitrogens is 2. The molecule has 2 aliphatic rings. The molecule has 0 aliphatic carbocycles. The normalized spacial score (nSPS) is 24.4. The minimum atomic E-state index is -3.54. The first-order valence-electron chi connectivity index (χ1n) is 7.37. The van der Waals surface area contributed by atoms with Crippen LogP contribution in [0.5, 0.6) is 0 Å². The molecule has 2 aliphatic heterocycles. The van der Waals surface area contributed by atoms with E-state index in [1.54, 1.807) is 0 Å². The van der Waals surface area contributed by atoms with Crippen LogP contribution in [0.25, 0.3) is 0 Å². The van der Waals surface area contributed by atoms with Crippen LogP contribution in [0.15, 0.2) is 17.3 Å². The quantitative estimate of drug-likeness (QED) is 0.877. The molecule has 0 saturated carbocycles. The molecule has 1 N–H and O–H groups in total. The Labute approximate surface area is 124 Å². The highest BCUT2D eigenvalue weighted by molar-refractivity contribution is 7.89. The van der Waals surface area contributed by atoms with Gasteiger partial charge in [-0.3, -0.25) is 9.89 Å². The number of sulfonamides is 1. The van der Waals surface area contributed by atoms with E-state index in [0.717, 1.165) is 38.8 Å². The molecule has 2 saturated heterocycles. The Morgan fingerprint density at radius 3 is 2.67 bits per heavy atom. The minimum Gasteiger partial charge on any atom is -0.342 e. The van der Waals surface area contributed by atoms with Crippen molar-refractivity contribution < 1.29 is 13.2 Å². The predicted molar refractivity (Wildman–Crippen MR) is 75.9 cm³/mol. The monoisotopic (exact) mass is 312 g/mol. The first-order chi connectivity index (χ1) is 10.1. The van der Waals surface area contributed by atoms with Crippen molar-refractivity contribution in [3.05, 3.63) is 12.4 Å². The number of carbonyl (C=O) groups is 1. The molecule has 0 spiro atoms. The standard InChI is InChI=1S/C13H20N4O3S/c18-13(16-5-1-2-6-16)11-4-3-7-17(10-11)21(19,20)12-8-14-15-9-12/h8-9,11H,1-7,10H2,(H,14,15). The lowest BCUT2D eigenvalue weighted by molar-refractivity contribution is -0.135. The van der Waals surface area contributed by atoms with E-state index in [4.69, 9.17) is 0 Å². The number of hydrogen-bond donors (Lipinski definition) is 1. The van der Waals surface area contributed by atoms with E-state index in [2.05, 4.69) is 10.2 Å². The van der Waals surface area contributed by atoms with Gasteiger partial charge in [-0.05, 0) is 25.7 Å². The first-order valence-corrected chi connectivity index (χ1v) is 8.81. The number of rotatable bonds is 3. The van der Waals surface area contributed by atoms with Gasteiger partial charge in [-0.25, -0.2) is 8.42 Å². The summed E-state index contributed by atoms with van der Waals surface area (Å²) < 4.78 is 26.4. The molecule has 21 heavy (non-hydrogen) atoms. The molecule has 2 fully saturated rings. The van der Waals surface area contributed by atoms with Crippen LogP contribution in [-0.4, -0.2) is 59.9 Å². The van der Waals surface area contributed by atoms with E-state index in [1.807, 2.05) is 4.90 Å². The molecule has 0 radical (unpaired) electrons. The molecular weight excluding hydrogens is 292 g/mol. The lowest BCUT2D eigenvalue weighted by Gasteiger charge is -2.32. The van der Waals surface area contributed by atoms with Gasteiger partial charge in [0, 0.05) is 32.4 Å². The van der Waals surface area contributed by atoms with Gasteiger partial charge in [0.05, 0.1) is 12.1 Å². The van der Waals surface area contributed by atoms with Gasteiger partial charge < -0.3 is 4.90 Å². The highest BCUT2D eigenvalue weighted by atomic mass is 32.2. The number of carbonyl (C=O) groups excluding carboxylic acids is 1. The van der Waals surface area contributed by atoms with Gasteiger partial charge in [0.25, 0.3) is 0 Å². The summed E-state index contributed by atoms with van der Waals surface area (Å²) >= 11 is 0. The Kier molecular flexibility index (Phi) is 3.99. The van der Waals surface area contributed by atoms with Crippen molar-refractivity contribution in [2.24, 2.45) is 5.92 Å². The van der Waals surface area contributed by atoms with Gasteiger partial charge >= 0.3 is 0 Å². The van der Waals surface area contributed by atoms with Crippen molar-refractivity contribution in [3.63, 3.8) is 0 Å². The van der Waals surface area contributed by atoms with Gasteiger partial charge in [0.15, 0.2) is 0 Å². The molecule has 116 valence electrons. The third-order valence-electron chi connectivity index (χ3n) is 4.26. The van der Waals surface area contributed by atoms with E-state index in [9.17, 15) is 13.2 Å². The number of piperidine rings is 1. The van der Waals surface area contributed by atoms with Crippen molar-refractivity contribution in [2.75, 3.05) is 26.2 Å². The Balaban J connectivity index is 1.72. The zero-order valence-corrected chi connectivity index (χ0v) is 12.7. The first kappa shape index (κ1) is 14.5. The number of hydrogen-bond acceptors (Lipinski definition) is 4. The predicted octanol–water partition coefficient (Wildman–Crippen LogP) is 0.433. The molecule has 0 aromatic carbocycles. The van der Waals surface area contributed by atoms with Gasteiger partial charge in [-0.2, -0.15) is 9.40 Å². The highest BCUT2D eigenvalue weighted by Gasteiger charge is 2.35. The van der Waals surface area contributed by atoms with Crippen molar-refractivity contribution in [3.8, 4) is 0 Å². The molecule has 3 heterocycles. The fourth-order valence-electron chi connectivity index (χ4n) is 3.09. The highest BCUT2D eigenvalue weighted by Crippen LogP contribution is 2.25. The van der Waals surface area contributed by atoms with Crippen LogP contribution in [0.4, 0.5) is 0 Å². The fourth-order valence-corrected chi connectivity index (χ4v) is 4.52. The van der Waals surface area contributed by atoms with Crippen LogP contribution in [0.1, 0.15) is 25.7 Å². The number of aromatic amines is 1. The largest absolute Gasteiger partial charge is 0.342 e. The molecule has 1 aromatic heterocycles. The summed E-state index contributed by atoms with van der Waals surface area (Å²) in [6.07, 6.45) is 6.28. The number of amides is 1. The summed E-state index contributed by atoms with van der Waals surface area (Å²) in [6.45, 7) is 2.37.